The maximum Gasteiger partial charge on any atom is 0.405 e. The van der Waals surface area contributed by atoms with Crippen LogP contribution in [0, 0.1) is 0 Å². The minimum Gasteiger partial charge on any atom is -0.393 e. The van der Waals surface area contributed by atoms with Crippen LogP contribution in [-0.4, -0.2) is 43.4 Å². The Morgan fingerprint density at radius 2 is 1.68 bits per heavy atom. The van der Waals surface area contributed by atoms with Gasteiger partial charge in [-0.05, 0) is 40.6 Å². The fourth-order valence-corrected chi connectivity index (χ4v) is 5.43. The van der Waals surface area contributed by atoms with E-state index in [9.17, 15) is 31.1 Å². The van der Waals surface area contributed by atoms with Crippen LogP contribution in [0.3, 0.4) is 0 Å². The normalized spacial score (nSPS) is 17.7. The monoisotopic (exact) mass is 591 g/mol. The second-order valence-corrected chi connectivity index (χ2v) is 10.3. The summed E-state index contributed by atoms with van der Waals surface area (Å²) in [7, 11) is 0.102. The molecule has 38 heavy (non-hydrogen) atoms. The topological polar surface area (TPSA) is 50.7 Å². The molecule has 0 aliphatic carbocycles. The molecule has 3 aromatic rings. The third-order valence-electron chi connectivity index (χ3n) is 5.54. The van der Waals surface area contributed by atoms with Crippen molar-refractivity contribution in [2.24, 2.45) is 5.16 Å². The number of nitrogens with one attached hydrogen (secondary N) is 1. The summed E-state index contributed by atoms with van der Waals surface area (Å²) < 4.78 is 77.8. The second kappa shape index (κ2) is 10.9. The van der Waals surface area contributed by atoms with E-state index in [-0.39, 0.29) is 40.8 Å². The minimum atomic E-state index is -4.71. The van der Waals surface area contributed by atoms with Crippen LogP contribution in [0.15, 0.2) is 64.6 Å². The number of alkyl halides is 6. The summed E-state index contributed by atoms with van der Waals surface area (Å²) in [6.07, 6.45) is -9.51. The van der Waals surface area contributed by atoms with Crippen molar-refractivity contribution in [3.8, 4) is 0 Å². The van der Waals surface area contributed by atoms with Crippen molar-refractivity contribution >= 4 is 64.6 Å². The molecule has 1 radical (unpaired) electrons. The molecule has 0 fully saturated rings. The molecule has 0 bridgehead atoms. The number of carbonyl (C=O) groups excluding carboxylic acids is 1. The SMILES string of the molecule is O=C(CSc1ccc(C2=NOC([B]C(F)(F)F)(c3cc(Cl)cc(Cl)c3)C2)c2ccccc12)NCC(F)(F)F. The smallest absolute Gasteiger partial charge is 0.393 e. The van der Waals surface area contributed by atoms with Gasteiger partial charge in [-0.25, -0.2) is 0 Å². The maximum absolute atomic E-state index is 13.6. The van der Waals surface area contributed by atoms with Gasteiger partial charge in [-0.1, -0.05) is 58.7 Å². The predicted octanol–water partition coefficient (Wildman–Crippen LogP) is 7.12. The first-order valence-electron chi connectivity index (χ1n) is 10.9. The largest absolute Gasteiger partial charge is 0.405 e. The van der Waals surface area contributed by atoms with Gasteiger partial charge in [0.2, 0.25) is 5.91 Å². The molecule has 1 heterocycles. The summed E-state index contributed by atoms with van der Waals surface area (Å²) >= 11 is 13.1. The highest BCUT2D eigenvalue weighted by atomic mass is 35.5. The fraction of sp³-hybridized carbons (Fsp3) is 0.250. The number of nitrogens with zero attached hydrogens (tertiary/aromatic N) is 1. The Bertz CT molecular complexity index is 1380. The van der Waals surface area contributed by atoms with Crippen LogP contribution in [0.1, 0.15) is 17.5 Å². The van der Waals surface area contributed by atoms with Gasteiger partial charge in [0.05, 0.1) is 11.5 Å². The Morgan fingerprint density at radius 3 is 2.32 bits per heavy atom. The lowest BCUT2D eigenvalue weighted by Crippen LogP contribution is -2.42. The molecule has 0 aromatic heterocycles. The van der Waals surface area contributed by atoms with Gasteiger partial charge in [0, 0.05) is 26.9 Å². The summed E-state index contributed by atoms with van der Waals surface area (Å²) in [6, 6.07) is 14.2. The molecular formula is C24H16BCl2F6N2O2S. The number of amides is 1. The number of hydrogen-bond acceptors (Lipinski definition) is 4. The van der Waals surface area contributed by atoms with Crippen molar-refractivity contribution in [1.82, 2.24) is 5.32 Å². The predicted molar refractivity (Wildman–Crippen MR) is 136 cm³/mol. The summed E-state index contributed by atoms with van der Waals surface area (Å²) in [4.78, 5) is 17.9. The third-order valence-corrected chi connectivity index (χ3v) is 7.05. The standard InChI is InChI=1S/C24H16BCl2F6N2O2S/c26-14-7-13(8-15(27)9-14)22(25-24(31,32)33)10-19(35-37-22)17-5-6-20(18-4-2-1-3-16(17)18)38-11-21(36)34-12-23(28,29)30/h1-9H,10-12H2,(H,34,36). The van der Waals surface area contributed by atoms with Crippen molar-refractivity contribution in [2.75, 3.05) is 12.3 Å². The molecule has 4 rings (SSSR count). The van der Waals surface area contributed by atoms with Gasteiger partial charge in [-0.15, -0.1) is 11.8 Å². The molecule has 199 valence electrons. The molecule has 3 aromatic carbocycles. The molecule has 0 saturated heterocycles. The molecule has 14 heteroatoms. The number of carbonyl (C=O) groups is 1. The molecule has 1 aliphatic heterocycles. The number of fused-ring (bicyclic) bond motifs is 1. The van der Waals surface area contributed by atoms with Crippen LogP contribution in [0.25, 0.3) is 10.8 Å². The summed E-state index contributed by atoms with van der Waals surface area (Å²) in [5, 5.41) is 7.33. The van der Waals surface area contributed by atoms with Gasteiger partial charge < -0.3 is 10.2 Å². The molecular weight excluding hydrogens is 576 g/mol. The van der Waals surface area contributed by atoms with Gasteiger partial charge in [0.15, 0.2) is 0 Å². The van der Waals surface area contributed by atoms with E-state index in [0.29, 0.717) is 21.2 Å². The second-order valence-electron chi connectivity index (χ2n) is 8.38. The first kappa shape index (κ1) is 28.4. The van der Waals surface area contributed by atoms with Crippen LogP contribution in [0.5, 0.6) is 0 Å². The Balaban J connectivity index is 1.63. The number of thioether (sulfide) groups is 1. The van der Waals surface area contributed by atoms with Crippen molar-refractivity contribution in [3.63, 3.8) is 0 Å². The quantitative estimate of drug-likeness (QED) is 0.181. The lowest BCUT2D eigenvalue weighted by Gasteiger charge is -2.28. The van der Waals surface area contributed by atoms with E-state index < -0.39 is 30.2 Å². The van der Waals surface area contributed by atoms with Crippen molar-refractivity contribution < 1.29 is 36.0 Å². The zero-order valence-corrected chi connectivity index (χ0v) is 21.4. The summed E-state index contributed by atoms with van der Waals surface area (Å²) in [5.74, 6) is -1.05. The third kappa shape index (κ3) is 6.89. The first-order chi connectivity index (χ1) is 17.7. The number of halogens is 8. The van der Waals surface area contributed by atoms with Crippen LogP contribution in [-0.2, 0) is 15.1 Å². The highest BCUT2D eigenvalue weighted by Gasteiger charge is 2.52. The van der Waals surface area contributed by atoms with E-state index >= 15 is 0 Å². The fourth-order valence-electron chi connectivity index (χ4n) is 4.01. The molecule has 1 N–H and O–H groups in total. The van der Waals surface area contributed by atoms with Crippen LogP contribution in [0.4, 0.5) is 26.3 Å². The van der Waals surface area contributed by atoms with Crippen LogP contribution in [0.2, 0.25) is 10.0 Å². The van der Waals surface area contributed by atoms with E-state index in [1.165, 1.54) is 18.2 Å². The number of rotatable bonds is 7. The Morgan fingerprint density at radius 1 is 1.03 bits per heavy atom. The van der Waals surface area contributed by atoms with Crippen LogP contribution < -0.4 is 5.32 Å². The number of hydrogen-bond donors (Lipinski definition) is 1. The van der Waals surface area contributed by atoms with E-state index in [1.54, 1.807) is 36.4 Å². The molecule has 4 nitrogen and oxygen atoms in total. The lowest BCUT2D eigenvalue weighted by molar-refractivity contribution is -0.136. The molecule has 1 amide bonds. The zero-order chi connectivity index (χ0) is 27.7. The first-order valence-corrected chi connectivity index (χ1v) is 12.6. The van der Waals surface area contributed by atoms with Gasteiger partial charge in [0.1, 0.15) is 12.0 Å². The molecule has 1 atom stereocenters. The zero-order valence-electron chi connectivity index (χ0n) is 19.1. The molecule has 1 aliphatic rings. The lowest BCUT2D eigenvalue weighted by atomic mass is 9.55. The van der Waals surface area contributed by atoms with Crippen molar-refractivity contribution in [2.45, 2.75) is 29.1 Å². The average Bonchev–Trinajstić information content (AvgIpc) is 3.23. The summed E-state index contributed by atoms with van der Waals surface area (Å²) in [5.41, 5.74) is -1.20. The van der Waals surface area contributed by atoms with Gasteiger partial charge in [0.25, 0.3) is 0 Å². The van der Waals surface area contributed by atoms with E-state index in [4.69, 9.17) is 28.0 Å². The number of benzene rings is 3. The maximum atomic E-state index is 13.6. The Labute approximate surface area is 227 Å². The van der Waals surface area contributed by atoms with Gasteiger partial charge in [-0.2, -0.15) is 26.3 Å². The average molecular weight is 592 g/mol. The number of oxime groups is 1. The molecule has 0 saturated carbocycles. The molecule has 0 spiro atoms. The highest BCUT2D eigenvalue weighted by molar-refractivity contribution is 8.00. The highest BCUT2D eigenvalue weighted by Crippen LogP contribution is 2.42. The van der Waals surface area contributed by atoms with Crippen LogP contribution >= 0.6 is 35.0 Å². The van der Waals surface area contributed by atoms with E-state index in [2.05, 4.69) is 5.16 Å². The van der Waals surface area contributed by atoms with Gasteiger partial charge in [-0.3, -0.25) is 4.79 Å². The molecule has 1 unspecified atom stereocenters. The Hall–Kier alpha value is -2.57. The Kier molecular flexibility index (Phi) is 8.16. The van der Waals surface area contributed by atoms with E-state index in [0.717, 1.165) is 11.8 Å². The van der Waals surface area contributed by atoms with Gasteiger partial charge >= 0.3 is 19.5 Å². The van der Waals surface area contributed by atoms with E-state index in [1.807, 2.05) is 5.32 Å². The minimum absolute atomic E-state index is 0.0763. The summed E-state index contributed by atoms with van der Waals surface area (Å²) in [6.45, 7) is -1.43. The van der Waals surface area contributed by atoms with Crippen molar-refractivity contribution in [3.05, 3.63) is 75.8 Å². The van der Waals surface area contributed by atoms with Crippen molar-refractivity contribution in [1.29, 1.82) is 0 Å².